The van der Waals surface area contributed by atoms with Crippen molar-refractivity contribution >= 4 is 33.4 Å². The number of benzene rings is 2. The van der Waals surface area contributed by atoms with E-state index in [9.17, 15) is 13.2 Å². The van der Waals surface area contributed by atoms with Crippen LogP contribution in [0.3, 0.4) is 0 Å². The van der Waals surface area contributed by atoms with Gasteiger partial charge in [0.2, 0.25) is 5.91 Å². The fourth-order valence-electron chi connectivity index (χ4n) is 2.06. The summed E-state index contributed by atoms with van der Waals surface area (Å²) in [6.07, 6.45) is 0. The molecular weight excluding hydrogens is 366 g/mol. The molecule has 0 aliphatic carbocycles. The van der Waals surface area contributed by atoms with E-state index in [0.717, 1.165) is 0 Å². The van der Waals surface area contributed by atoms with Crippen LogP contribution in [-0.2, 0) is 14.6 Å². The smallest absolute Gasteiger partial charge is 0.322 e. The maximum atomic E-state index is 12.2. The lowest BCUT2D eigenvalue weighted by Gasteiger charge is -2.03. The Balaban J connectivity index is 1.71. The molecule has 0 atom stereocenters. The first-order chi connectivity index (χ1) is 12.0. The topological polar surface area (TPSA) is 102 Å². The molecule has 0 saturated carbocycles. The normalized spacial score (nSPS) is 11.2. The van der Waals surface area contributed by atoms with Crippen LogP contribution in [0.4, 0.5) is 6.01 Å². The SMILES string of the molecule is O=C(CS(=O)(=O)c1ccccc1)Nc1nnc(-c2ccccc2Cl)o1. The summed E-state index contributed by atoms with van der Waals surface area (Å²) >= 11 is 6.03. The van der Waals surface area contributed by atoms with Crippen molar-refractivity contribution < 1.29 is 17.6 Å². The quantitative estimate of drug-likeness (QED) is 0.733. The van der Waals surface area contributed by atoms with Crippen LogP contribution >= 0.6 is 11.6 Å². The minimum absolute atomic E-state index is 0.0624. The van der Waals surface area contributed by atoms with Crippen molar-refractivity contribution in [3.63, 3.8) is 0 Å². The number of amides is 1. The number of carbonyl (C=O) groups excluding carboxylic acids is 1. The van der Waals surface area contributed by atoms with E-state index in [1.165, 1.54) is 12.1 Å². The van der Waals surface area contributed by atoms with Crippen LogP contribution in [0.15, 0.2) is 63.9 Å². The lowest BCUT2D eigenvalue weighted by Crippen LogP contribution is -2.23. The lowest BCUT2D eigenvalue weighted by molar-refractivity contribution is -0.114. The third kappa shape index (κ3) is 4.04. The monoisotopic (exact) mass is 377 g/mol. The summed E-state index contributed by atoms with van der Waals surface area (Å²) in [6.45, 7) is 0. The van der Waals surface area contributed by atoms with E-state index in [4.69, 9.17) is 16.0 Å². The summed E-state index contributed by atoms with van der Waals surface area (Å²) in [4.78, 5) is 12.0. The highest BCUT2D eigenvalue weighted by molar-refractivity contribution is 7.92. The Labute approximate surface area is 148 Å². The standard InChI is InChI=1S/C16H12ClN3O4S/c17-13-9-5-4-8-12(13)15-19-20-16(24-15)18-14(21)10-25(22,23)11-6-2-1-3-7-11/h1-9H,10H2,(H,18,20,21). The predicted molar refractivity (Wildman–Crippen MR) is 91.9 cm³/mol. The minimum Gasteiger partial charge on any atom is -0.403 e. The molecule has 128 valence electrons. The number of halogens is 1. The first kappa shape index (κ1) is 17.1. The van der Waals surface area contributed by atoms with Gasteiger partial charge in [-0.15, -0.1) is 5.10 Å². The van der Waals surface area contributed by atoms with Crippen molar-refractivity contribution in [1.82, 2.24) is 10.2 Å². The molecule has 7 nitrogen and oxygen atoms in total. The second-order valence-electron chi connectivity index (χ2n) is 5.01. The Hall–Kier alpha value is -2.71. The summed E-state index contributed by atoms with van der Waals surface area (Å²) in [5, 5.41) is 10.2. The number of nitrogens with zero attached hydrogens (tertiary/aromatic N) is 2. The van der Waals surface area contributed by atoms with E-state index >= 15 is 0 Å². The second kappa shape index (κ2) is 7.04. The minimum atomic E-state index is -3.75. The Morgan fingerprint density at radius 3 is 2.44 bits per heavy atom. The Bertz CT molecular complexity index is 1000. The highest BCUT2D eigenvalue weighted by Crippen LogP contribution is 2.27. The van der Waals surface area contributed by atoms with Gasteiger partial charge < -0.3 is 4.42 Å². The maximum absolute atomic E-state index is 12.2. The second-order valence-corrected chi connectivity index (χ2v) is 7.41. The van der Waals surface area contributed by atoms with Crippen molar-refractivity contribution in [2.75, 3.05) is 11.1 Å². The van der Waals surface area contributed by atoms with E-state index < -0.39 is 21.5 Å². The molecule has 0 radical (unpaired) electrons. The third-order valence-electron chi connectivity index (χ3n) is 3.20. The number of sulfone groups is 1. The summed E-state index contributed by atoms with van der Waals surface area (Å²) in [6, 6.07) is 14.3. The van der Waals surface area contributed by atoms with E-state index in [1.807, 2.05) is 0 Å². The fraction of sp³-hybridized carbons (Fsp3) is 0.0625. The number of carbonyl (C=O) groups is 1. The molecule has 0 spiro atoms. The molecule has 3 aromatic rings. The van der Waals surface area contributed by atoms with Gasteiger partial charge in [0.1, 0.15) is 5.75 Å². The van der Waals surface area contributed by atoms with E-state index in [0.29, 0.717) is 10.6 Å². The van der Waals surface area contributed by atoms with Crippen LogP contribution in [0.2, 0.25) is 5.02 Å². The number of hydrogen-bond donors (Lipinski definition) is 1. The van der Waals surface area contributed by atoms with E-state index in [1.54, 1.807) is 42.5 Å². The van der Waals surface area contributed by atoms with Crippen molar-refractivity contribution in [3.8, 4) is 11.5 Å². The van der Waals surface area contributed by atoms with Gasteiger partial charge in [-0.3, -0.25) is 10.1 Å². The van der Waals surface area contributed by atoms with Gasteiger partial charge in [0.15, 0.2) is 9.84 Å². The number of nitrogens with one attached hydrogen (secondary N) is 1. The number of rotatable bonds is 5. The molecule has 0 aliphatic rings. The first-order valence-corrected chi connectivity index (χ1v) is 9.15. The average Bonchev–Trinajstić information content (AvgIpc) is 3.03. The summed E-state index contributed by atoms with van der Waals surface area (Å²) in [5.41, 5.74) is 0.508. The number of aromatic nitrogens is 2. The Morgan fingerprint density at radius 1 is 1.04 bits per heavy atom. The molecule has 1 heterocycles. The highest BCUT2D eigenvalue weighted by Gasteiger charge is 2.21. The van der Waals surface area contributed by atoms with Crippen LogP contribution in [0.25, 0.3) is 11.5 Å². The van der Waals surface area contributed by atoms with Crippen molar-refractivity contribution in [2.24, 2.45) is 0 Å². The highest BCUT2D eigenvalue weighted by atomic mass is 35.5. The van der Waals surface area contributed by atoms with Gasteiger partial charge in [-0.1, -0.05) is 47.0 Å². The Morgan fingerprint density at radius 2 is 1.72 bits per heavy atom. The first-order valence-electron chi connectivity index (χ1n) is 7.12. The van der Waals surface area contributed by atoms with Crippen LogP contribution in [0.5, 0.6) is 0 Å². The zero-order valence-electron chi connectivity index (χ0n) is 12.7. The molecule has 0 saturated heterocycles. The molecule has 1 aromatic heterocycles. The lowest BCUT2D eigenvalue weighted by atomic mass is 10.2. The zero-order chi connectivity index (χ0) is 17.9. The largest absolute Gasteiger partial charge is 0.403 e. The van der Waals surface area contributed by atoms with Crippen LogP contribution in [0, 0.1) is 0 Å². The molecule has 25 heavy (non-hydrogen) atoms. The van der Waals surface area contributed by atoms with Gasteiger partial charge in [0.05, 0.1) is 15.5 Å². The number of anilines is 1. The van der Waals surface area contributed by atoms with Gasteiger partial charge in [-0.25, -0.2) is 8.42 Å². The summed E-state index contributed by atoms with van der Waals surface area (Å²) in [5.74, 6) is -1.40. The molecule has 9 heteroatoms. The molecular formula is C16H12ClN3O4S. The summed E-state index contributed by atoms with van der Waals surface area (Å²) in [7, 11) is -3.75. The fourth-order valence-corrected chi connectivity index (χ4v) is 3.43. The van der Waals surface area contributed by atoms with E-state index in [-0.39, 0.29) is 16.8 Å². The number of hydrogen-bond acceptors (Lipinski definition) is 6. The third-order valence-corrected chi connectivity index (χ3v) is 5.16. The Kier molecular flexibility index (Phi) is 4.82. The maximum Gasteiger partial charge on any atom is 0.322 e. The summed E-state index contributed by atoms with van der Waals surface area (Å²) < 4.78 is 29.6. The van der Waals surface area contributed by atoms with Crippen molar-refractivity contribution in [3.05, 3.63) is 59.6 Å². The predicted octanol–water partition coefficient (Wildman–Crippen LogP) is 2.80. The van der Waals surface area contributed by atoms with Gasteiger partial charge in [-0.2, -0.15) is 0 Å². The molecule has 3 rings (SSSR count). The molecule has 1 N–H and O–H groups in total. The van der Waals surface area contributed by atoms with Crippen LogP contribution < -0.4 is 5.32 Å². The van der Waals surface area contributed by atoms with Gasteiger partial charge >= 0.3 is 6.01 Å². The van der Waals surface area contributed by atoms with Gasteiger partial charge in [-0.05, 0) is 24.3 Å². The van der Waals surface area contributed by atoms with Crippen LogP contribution in [0.1, 0.15) is 0 Å². The van der Waals surface area contributed by atoms with Crippen LogP contribution in [-0.4, -0.2) is 30.3 Å². The molecule has 0 bridgehead atoms. The molecule has 1 amide bonds. The average molecular weight is 378 g/mol. The van der Waals surface area contributed by atoms with Crippen molar-refractivity contribution in [2.45, 2.75) is 4.90 Å². The molecule has 2 aromatic carbocycles. The molecule has 0 aliphatic heterocycles. The van der Waals surface area contributed by atoms with Gasteiger partial charge in [0, 0.05) is 0 Å². The van der Waals surface area contributed by atoms with E-state index in [2.05, 4.69) is 15.5 Å². The molecule has 0 fully saturated rings. The zero-order valence-corrected chi connectivity index (χ0v) is 14.3. The van der Waals surface area contributed by atoms with Gasteiger partial charge in [0.25, 0.3) is 5.89 Å². The van der Waals surface area contributed by atoms with Crippen molar-refractivity contribution in [1.29, 1.82) is 0 Å². The molecule has 0 unspecified atom stereocenters.